The Labute approximate surface area is 222 Å². The Bertz CT molecular complexity index is 1120. The zero-order chi connectivity index (χ0) is 27.4. The Kier molecular flexibility index (Phi) is 13.0. The molecule has 0 heterocycles. The van der Waals surface area contributed by atoms with Gasteiger partial charge in [0.15, 0.2) is 0 Å². The third-order valence-corrected chi connectivity index (χ3v) is 6.61. The van der Waals surface area contributed by atoms with Crippen molar-refractivity contribution >= 4 is 0 Å². The molecule has 0 nitrogen and oxygen atoms in total. The summed E-state index contributed by atoms with van der Waals surface area (Å²) in [6, 6.07) is 25.9. The summed E-state index contributed by atoms with van der Waals surface area (Å²) in [5.74, 6) is 0. The second-order valence-electron chi connectivity index (χ2n) is 10.4. The number of hydrogen-bond donors (Lipinski definition) is 0. The van der Waals surface area contributed by atoms with Crippen LogP contribution in [-0.4, -0.2) is 0 Å². The Hall–Kier alpha value is -3.12. The molecule has 4 aromatic rings. The first kappa shape index (κ1) is 30.9. The van der Waals surface area contributed by atoms with Crippen LogP contribution >= 0.6 is 0 Å². The second-order valence-corrected chi connectivity index (χ2v) is 10.4. The smallest absolute Gasteiger partial charge is 0.0395 e. The summed E-state index contributed by atoms with van der Waals surface area (Å²) >= 11 is 0. The van der Waals surface area contributed by atoms with Gasteiger partial charge < -0.3 is 0 Å². The van der Waals surface area contributed by atoms with Crippen molar-refractivity contribution in [3.05, 3.63) is 140 Å². The minimum absolute atomic E-state index is 1.34. The van der Waals surface area contributed by atoms with Crippen LogP contribution < -0.4 is 0 Å². The van der Waals surface area contributed by atoms with Gasteiger partial charge in [-0.2, -0.15) is 0 Å². The highest BCUT2D eigenvalue weighted by Crippen LogP contribution is 2.13. The first-order valence-electron chi connectivity index (χ1n) is 13.0. The number of aryl methyl sites for hydroxylation is 12. The standard InChI is InChI=1S/C10H14.2C9H12.C8H10/c1-7-5-9(3)10(4)6-8(7)2;2*1-7-4-5-8(2)9(3)6-7;1-7-4-3-5-8(2)6-7/h5-6H,1-4H3;2*4-6H,1-3H3;3-6H,1-2H3. The van der Waals surface area contributed by atoms with Crippen molar-refractivity contribution in [2.24, 2.45) is 0 Å². The molecule has 0 aromatic heterocycles. The van der Waals surface area contributed by atoms with Crippen LogP contribution in [-0.2, 0) is 0 Å². The van der Waals surface area contributed by atoms with Crippen LogP contribution in [0.5, 0.6) is 0 Å². The SMILES string of the molecule is Cc1cc(C)c(C)cc1C.Cc1ccc(C)c(C)c1.Cc1ccc(C)c(C)c1.Cc1cccc(C)c1. The topological polar surface area (TPSA) is 0 Å². The molecular weight excluding hydrogens is 432 g/mol. The summed E-state index contributed by atoms with van der Waals surface area (Å²) in [6.45, 7) is 25.6. The minimum atomic E-state index is 1.34. The van der Waals surface area contributed by atoms with E-state index in [1.807, 2.05) is 0 Å². The molecule has 0 amide bonds. The van der Waals surface area contributed by atoms with E-state index >= 15 is 0 Å². The molecule has 0 saturated heterocycles. The van der Waals surface area contributed by atoms with Gasteiger partial charge >= 0.3 is 0 Å². The molecule has 192 valence electrons. The fourth-order valence-corrected chi connectivity index (χ4v) is 3.69. The molecule has 0 radical (unpaired) electrons. The lowest BCUT2D eigenvalue weighted by atomic mass is 10.0. The highest BCUT2D eigenvalue weighted by atomic mass is 14.0. The average molecular weight is 481 g/mol. The van der Waals surface area contributed by atoms with Crippen molar-refractivity contribution in [2.75, 3.05) is 0 Å². The monoisotopic (exact) mass is 480 g/mol. The summed E-state index contributed by atoms with van der Waals surface area (Å²) in [5, 5.41) is 0. The summed E-state index contributed by atoms with van der Waals surface area (Å²) < 4.78 is 0. The van der Waals surface area contributed by atoms with E-state index in [-0.39, 0.29) is 0 Å². The molecule has 0 saturated carbocycles. The normalized spacial score (nSPS) is 9.67. The zero-order valence-corrected chi connectivity index (χ0v) is 24.9. The van der Waals surface area contributed by atoms with Gasteiger partial charge in [0, 0.05) is 0 Å². The summed E-state index contributed by atoms with van der Waals surface area (Å²) in [7, 11) is 0. The molecule has 4 rings (SSSR count). The van der Waals surface area contributed by atoms with E-state index in [0.717, 1.165) is 0 Å². The van der Waals surface area contributed by atoms with E-state index in [1.165, 1.54) is 66.8 Å². The van der Waals surface area contributed by atoms with Crippen LogP contribution in [0.2, 0.25) is 0 Å². The molecule has 0 atom stereocenters. The second kappa shape index (κ2) is 15.1. The molecule has 0 unspecified atom stereocenters. The number of hydrogen-bond acceptors (Lipinski definition) is 0. The van der Waals surface area contributed by atoms with Crippen molar-refractivity contribution in [1.82, 2.24) is 0 Å². The number of benzene rings is 4. The third-order valence-electron chi connectivity index (χ3n) is 6.61. The Morgan fingerprint density at radius 2 is 0.528 bits per heavy atom. The molecular formula is C36H48. The maximum Gasteiger partial charge on any atom is -0.0395 e. The minimum Gasteiger partial charge on any atom is -0.0617 e. The van der Waals surface area contributed by atoms with Crippen LogP contribution in [0, 0.1) is 83.1 Å². The van der Waals surface area contributed by atoms with Crippen LogP contribution in [0.1, 0.15) is 66.8 Å². The Balaban J connectivity index is 0.000000241. The fraction of sp³-hybridized carbons (Fsp3) is 0.333. The molecule has 0 bridgehead atoms. The zero-order valence-electron chi connectivity index (χ0n) is 24.9. The van der Waals surface area contributed by atoms with Crippen molar-refractivity contribution < 1.29 is 0 Å². The molecule has 0 aliphatic carbocycles. The van der Waals surface area contributed by atoms with E-state index in [0.29, 0.717) is 0 Å². The summed E-state index contributed by atoms with van der Waals surface area (Å²) in [4.78, 5) is 0. The van der Waals surface area contributed by atoms with Crippen LogP contribution in [0.15, 0.2) is 72.8 Å². The van der Waals surface area contributed by atoms with Gasteiger partial charge in [-0.15, -0.1) is 0 Å². The molecule has 0 aliphatic heterocycles. The Morgan fingerprint density at radius 3 is 0.750 bits per heavy atom. The average Bonchev–Trinajstić information content (AvgIpc) is 2.79. The van der Waals surface area contributed by atoms with Gasteiger partial charge in [0.2, 0.25) is 0 Å². The molecule has 0 aliphatic rings. The number of rotatable bonds is 0. The van der Waals surface area contributed by atoms with Gasteiger partial charge in [0.1, 0.15) is 0 Å². The largest absolute Gasteiger partial charge is 0.0617 e. The maximum absolute atomic E-state index is 2.24. The molecule has 0 heteroatoms. The lowest BCUT2D eigenvalue weighted by Gasteiger charge is -2.04. The van der Waals surface area contributed by atoms with E-state index in [4.69, 9.17) is 0 Å². The van der Waals surface area contributed by atoms with E-state index in [9.17, 15) is 0 Å². The van der Waals surface area contributed by atoms with E-state index in [2.05, 4.69) is 156 Å². The Morgan fingerprint density at radius 1 is 0.250 bits per heavy atom. The quantitative estimate of drug-likeness (QED) is 0.235. The van der Waals surface area contributed by atoms with Crippen molar-refractivity contribution in [3.8, 4) is 0 Å². The lowest BCUT2D eigenvalue weighted by molar-refractivity contribution is 1.24. The van der Waals surface area contributed by atoms with Crippen LogP contribution in [0.3, 0.4) is 0 Å². The highest BCUT2D eigenvalue weighted by Gasteiger charge is 1.95. The van der Waals surface area contributed by atoms with Crippen LogP contribution in [0.4, 0.5) is 0 Å². The molecule has 0 N–H and O–H groups in total. The third kappa shape index (κ3) is 11.5. The molecule has 4 aromatic carbocycles. The summed E-state index contributed by atoms with van der Waals surface area (Å²) in [6.07, 6.45) is 0. The van der Waals surface area contributed by atoms with Gasteiger partial charge in [-0.05, 0) is 128 Å². The highest BCUT2D eigenvalue weighted by molar-refractivity contribution is 5.35. The first-order valence-corrected chi connectivity index (χ1v) is 13.0. The summed E-state index contributed by atoms with van der Waals surface area (Å²) in [5.41, 5.74) is 16.5. The lowest BCUT2D eigenvalue weighted by Crippen LogP contribution is -1.86. The molecule has 0 spiro atoms. The predicted molar refractivity (Wildman–Crippen MR) is 163 cm³/mol. The molecule has 36 heavy (non-hydrogen) atoms. The van der Waals surface area contributed by atoms with E-state index in [1.54, 1.807) is 0 Å². The van der Waals surface area contributed by atoms with Crippen molar-refractivity contribution in [3.63, 3.8) is 0 Å². The fourth-order valence-electron chi connectivity index (χ4n) is 3.69. The maximum atomic E-state index is 2.24. The van der Waals surface area contributed by atoms with E-state index < -0.39 is 0 Å². The van der Waals surface area contributed by atoms with Crippen molar-refractivity contribution in [1.29, 1.82) is 0 Å². The van der Waals surface area contributed by atoms with Gasteiger partial charge in [-0.1, -0.05) is 95.1 Å². The van der Waals surface area contributed by atoms with Crippen LogP contribution in [0.25, 0.3) is 0 Å². The first-order chi connectivity index (χ1) is 16.8. The van der Waals surface area contributed by atoms with Gasteiger partial charge in [-0.3, -0.25) is 0 Å². The van der Waals surface area contributed by atoms with Gasteiger partial charge in [0.25, 0.3) is 0 Å². The van der Waals surface area contributed by atoms with Crippen molar-refractivity contribution in [2.45, 2.75) is 83.1 Å². The van der Waals surface area contributed by atoms with Gasteiger partial charge in [-0.25, -0.2) is 0 Å². The predicted octanol–water partition coefficient (Wildman–Crippen LogP) is 10.4. The van der Waals surface area contributed by atoms with Gasteiger partial charge in [0.05, 0.1) is 0 Å². The molecule has 0 fully saturated rings.